The molecule has 1 heterocycles. The third-order valence-electron chi connectivity index (χ3n) is 3.92. The van der Waals surface area contributed by atoms with Crippen molar-refractivity contribution >= 4 is 41.0 Å². The number of hydrogen-bond acceptors (Lipinski definition) is 5. The minimum absolute atomic E-state index is 0.0332. The molecule has 2 aromatic carbocycles. The highest BCUT2D eigenvalue weighted by Gasteiger charge is 2.29. The van der Waals surface area contributed by atoms with E-state index in [-0.39, 0.29) is 16.5 Å². The quantitative estimate of drug-likeness (QED) is 0.775. The Morgan fingerprint density at radius 2 is 2.00 bits per heavy atom. The second kappa shape index (κ2) is 7.01. The molecule has 0 bridgehead atoms. The average Bonchev–Trinajstić information content (AvgIpc) is 2.90. The van der Waals surface area contributed by atoms with Crippen LogP contribution in [0.25, 0.3) is 6.08 Å². The molecule has 0 spiro atoms. The lowest BCUT2D eigenvalue weighted by Gasteiger charge is -2.14. The maximum atomic E-state index is 12.8. The van der Waals surface area contributed by atoms with Crippen molar-refractivity contribution in [3.8, 4) is 5.75 Å². The van der Waals surface area contributed by atoms with E-state index in [0.29, 0.717) is 22.7 Å². The normalized spacial score (nSPS) is 15.3. The lowest BCUT2D eigenvalue weighted by atomic mass is 10.1. The summed E-state index contributed by atoms with van der Waals surface area (Å²) in [4.78, 5) is 23.9. The van der Waals surface area contributed by atoms with Crippen molar-refractivity contribution in [3.63, 3.8) is 0 Å². The number of anilines is 1. The molecule has 0 atom stereocenters. The first-order valence-corrected chi connectivity index (χ1v) is 8.06. The molecule has 0 radical (unpaired) electrons. The van der Waals surface area contributed by atoms with Crippen LogP contribution in [0.1, 0.15) is 22.8 Å². The van der Waals surface area contributed by atoms with Crippen LogP contribution >= 0.6 is 11.6 Å². The van der Waals surface area contributed by atoms with Crippen molar-refractivity contribution in [1.29, 1.82) is 0 Å². The maximum absolute atomic E-state index is 12.8. The Morgan fingerprint density at radius 1 is 1.27 bits per heavy atom. The number of ether oxygens (including phenoxy) is 1. The molecule has 7 heteroatoms. The Balaban J connectivity index is 2.00. The zero-order chi connectivity index (χ0) is 18.8. The van der Waals surface area contributed by atoms with E-state index in [9.17, 15) is 14.7 Å². The molecule has 1 aliphatic heterocycles. The number of methoxy groups -OCH3 is 1. The Bertz CT molecular complexity index is 966. The van der Waals surface area contributed by atoms with Crippen molar-refractivity contribution in [1.82, 2.24) is 0 Å². The molecule has 0 N–H and O–H groups in total. The SMILES string of the molecule is COc1ccccc1/C=C1\C(=O)N(c2ccc(Cl)c(C(=O)[O-])c2)N=C1C. The third-order valence-corrected chi connectivity index (χ3v) is 4.25. The van der Waals surface area contributed by atoms with Crippen molar-refractivity contribution in [2.45, 2.75) is 6.92 Å². The second-order valence-corrected chi connectivity index (χ2v) is 5.96. The monoisotopic (exact) mass is 369 g/mol. The average molecular weight is 370 g/mol. The third kappa shape index (κ3) is 3.19. The predicted octanol–water partition coefficient (Wildman–Crippen LogP) is 2.52. The molecular weight excluding hydrogens is 356 g/mol. The summed E-state index contributed by atoms with van der Waals surface area (Å²) >= 11 is 5.85. The second-order valence-electron chi connectivity index (χ2n) is 5.55. The van der Waals surface area contributed by atoms with E-state index in [2.05, 4.69) is 5.10 Å². The number of benzene rings is 2. The Hall–Kier alpha value is -3.12. The van der Waals surface area contributed by atoms with Gasteiger partial charge >= 0.3 is 0 Å². The van der Waals surface area contributed by atoms with Crippen LogP contribution in [-0.2, 0) is 4.79 Å². The van der Waals surface area contributed by atoms with Crippen LogP contribution in [0.5, 0.6) is 5.75 Å². The minimum atomic E-state index is -1.42. The predicted molar refractivity (Wildman–Crippen MR) is 97.3 cm³/mol. The van der Waals surface area contributed by atoms with Gasteiger partial charge in [-0.15, -0.1) is 0 Å². The molecule has 0 aliphatic carbocycles. The van der Waals surface area contributed by atoms with Crippen LogP contribution in [0, 0.1) is 0 Å². The fourth-order valence-corrected chi connectivity index (χ4v) is 2.80. The number of rotatable bonds is 4. The first-order chi connectivity index (χ1) is 12.4. The van der Waals surface area contributed by atoms with Gasteiger partial charge in [0.1, 0.15) is 5.75 Å². The highest BCUT2D eigenvalue weighted by Crippen LogP contribution is 2.29. The molecule has 1 amide bonds. The van der Waals surface area contributed by atoms with Gasteiger partial charge in [0.05, 0.1) is 30.1 Å². The number of halogens is 1. The van der Waals surface area contributed by atoms with Crippen LogP contribution in [-0.4, -0.2) is 24.7 Å². The zero-order valence-corrected chi connectivity index (χ0v) is 14.8. The number of carboxylic acids is 1. The van der Waals surface area contributed by atoms with Crippen molar-refractivity contribution in [2.75, 3.05) is 12.1 Å². The van der Waals surface area contributed by atoms with Crippen LogP contribution in [0.3, 0.4) is 0 Å². The first kappa shape index (κ1) is 17.7. The van der Waals surface area contributed by atoms with Gasteiger partial charge in [-0.2, -0.15) is 10.1 Å². The fraction of sp³-hybridized carbons (Fsp3) is 0.105. The molecule has 0 saturated heterocycles. The summed E-state index contributed by atoms with van der Waals surface area (Å²) in [5.74, 6) is -1.17. The highest BCUT2D eigenvalue weighted by molar-refractivity contribution is 6.34. The summed E-state index contributed by atoms with van der Waals surface area (Å²) in [5.41, 5.74) is 1.72. The number of para-hydroxylation sites is 1. The van der Waals surface area contributed by atoms with Gasteiger partial charge in [0.25, 0.3) is 5.91 Å². The van der Waals surface area contributed by atoms with Gasteiger partial charge in [-0.05, 0) is 37.3 Å². The summed E-state index contributed by atoms with van der Waals surface area (Å²) in [7, 11) is 1.55. The minimum Gasteiger partial charge on any atom is -0.545 e. The van der Waals surface area contributed by atoms with E-state index >= 15 is 0 Å². The molecule has 0 fully saturated rings. The Kier molecular flexibility index (Phi) is 4.77. The van der Waals surface area contributed by atoms with Gasteiger partial charge in [0.15, 0.2) is 0 Å². The lowest BCUT2D eigenvalue weighted by Crippen LogP contribution is -2.25. The number of carbonyl (C=O) groups excluding carboxylic acids is 2. The Labute approximate surface area is 155 Å². The summed E-state index contributed by atoms with van der Waals surface area (Å²) in [6.45, 7) is 1.70. The topological polar surface area (TPSA) is 82.0 Å². The summed E-state index contributed by atoms with van der Waals surface area (Å²) in [6.07, 6.45) is 1.69. The first-order valence-electron chi connectivity index (χ1n) is 7.68. The van der Waals surface area contributed by atoms with E-state index in [0.717, 1.165) is 10.6 Å². The summed E-state index contributed by atoms with van der Waals surface area (Å²) in [5, 5.41) is 16.6. The van der Waals surface area contributed by atoms with Gasteiger partial charge in [0, 0.05) is 16.1 Å². The number of amides is 1. The largest absolute Gasteiger partial charge is 0.545 e. The fourth-order valence-electron chi connectivity index (χ4n) is 2.60. The summed E-state index contributed by atoms with van der Waals surface area (Å²) in [6, 6.07) is 11.5. The molecule has 132 valence electrons. The number of nitrogens with zero attached hydrogens (tertiary/aromatic N) is 2. The van der Waals surface area contributed by atoms with E-state index < -0.39 is 5.97 Å². The van der Waals surface area contributed by atoms with Crippen molar-refractivity contribution < 1.29 is 19.4 Å². The van der Waals surface area contributed by atoms with Crippen LogP contribution in [0.15, 0.2) is 53.1 Å². The number of hydrogen-bond donors (Lipinski definition) is 0. The molecule has 2 aromatic rings. The lowest BCUT2D eigenvalue weighted by molar-refractivity contribution is -0.255. The Morgan fingerprint density at radius 3 is 2.69 bits per heavy atom. The molecule has 26 heavy (non-hydrogen) atoms. The van der Waals surface area contributed by atoms with E-state index in [1.54, 1.807) is 26.2 Å². The molecule has 3 rings (SSSR count). The molecule has 6 nitrogen and oxygen atoms in total. The van der Waals surface area contributed by atoms with Gasteiger partial charge in [-0.3, -0.25) is 4.79 Å². The van der Waals surface area contributed by atoms with Crippen LogP contribution in [0.4, 0.5) is 5.69 Å². The van der Waals surface area contributed by atoms with Gasteiger partial charge in [0.2, 0.25) is 0 Å². The highest BCUT2D eigenvalue weighted by atomic mass is 35.5. The number of carbonyl (C=O) groups is 2. The standard InChI is InChI=1S/C19H15ClN2O4/c1-11-14(9-12-5-3-4-6-17(12)26-2)18(23)22(21-11)13-7-8-16(20)15(10-13)19(24)25/h3-10H,1-2H3,(H,24,25)/p-1/b14-9-. The van der Waals surface area contributed by atoms with E-state index in [4.69, 9.17) is 16.3 Å². The van der Waals surface area contributed by atoms with Crippen LogP contribution < -0.4 is 14.9 Å². The van der Waals surface area contributed by atoms with Crippen molar-refractivity contribution in [3.05, 3.63) is 64.2 Å². The molecule has 0 saturated carbocycles. The van der Waals surface area contributed by atoms with Crippen LogP contribution in [0.2, 0.25) is 5.02 Å². The number of aromatic carboxylic acids is 1. The number of hydrazone groups is 1. The van der Waals surface area contributed by atoms with Gasteiger partial charge < -0.3 is 14.6 Å². The molecule has 1 aliphatic rings. The summed E-state index contributed by atoms with van der Waals surface area (Å²) < 4.78 is 5.30. The number of carboxylic acid groups (broad SMARTS) is 1. The van der Waals surface area contributed by atoms with Crippen molar-refractivity contribution in [2.24, 2.45) is 5.10 Å². The molecule has 0 aromatic heterocycles. The smallest absolute Gasteiger partial charge is 0.280 e. The molecule has 0 unspecified atom stereocenters. The zero-order valence-electron chi connectivity index (χ0n) is 14.0. The maximum Gasteiger partial charge on any atom is 0.280 e. The van der Waals surface area contributed by atoms with E-state index in [1.807, 2.05) is 18.2 Å². The molecular formula is C19H14ClN2O4-. The van der Waals surface area contributed by atoms with E-state index in [1.165, 1.54) is 18.2 Å². The van der Waals surface area contributed by atoms with Gasteiger partial charge in [-0.1, -0.05) is 29.8 Å². The van der Waals surface area contributed by atoms with Gasteiger partial charge in [-0.25, -0.2) is 0 Å².